The van der Waals surface area contributed by atoms with Gasteiger partial charge in [-0.2, -0.15) is 0 Å². The van der Waals surface area contributed by atoms with E-state index in [1.807, 2.05) is 59.5 Å². The quantitative estimate of drug-likeness (QED) is 0.909. The number of carbonyl (C=O) groups excluding carboxylic acids is 1. The summed E-state index contributed by atoms with van der Waals surface area (Å²) in [4.78, 5) is 14.3. The van der Waals surface area contributed by atoms with Crippen molar-refractivity contribution >= 4 is 29.4 Å². The van der Waals surface area contributed by atoms with Crippen LogP contribution in [0.3, 0.4) is 0 Å². The number of nitrogens with one attached hydrogen (secondary N) is 1. The van der Waals surface area contributed by atoms with Gasteiger partial charge in [0.15, 0.2) is 0 Å². The second-order valence-corrected chi connectivity index (χ2v) is 6.74. The van der Waals surface area contributed by atoms with Gasteiger partial charge in [-0.05, 0) is 23.3 Å². The molecule has 1 fully saturated rings. The lowest BCUT2D eigenvalue weighted by Gasteiger charge is -2.24. The van der Waals surface area contributed by atoms with Gasteiger partial charge in [0.2, 0.25) is 0 Å². The average molecular weight is 333 g/mol. The molecule has 3 rings (SSSR count). The zero-order valence-electron chi connectivity index (χ0n) is 12.0. The summed E-state index contributed by atoms with van der Waals surface area (Å²) in [6.07, 6.45) is 0. The average Bonchev–Trinajstić information content (AvgIpc) is 3.03. The number of halogens is 1. The molecule has 1 aliphatic rings. The maximum absolute atomic E-state index is 12.5. The third kappa shape index (κ3) is 3.57. The minimum Gasteiger partial charge on any atom is -0.334 e. The van der Waals surface area contributed by atoms with Crippen molar-refractivity contribution in [2.45, 2.75) is 11.9 Å². The smallest absolute Gasteiger partial charge is 0.318 e. The van der Waals surface area contributed by atoms with E-state index in [2.05, 4.69) is 5.32 Å². The minimum atomic E-state index is -0.0289. The molecule has 5 heteroatoms. The fourth-order valence-corrected chi connectivity index (χ4v) is 3.93. The van der Waals surface area contributed by atoms with Crippen molar-refractivity contribution in [3.05, 3.63) is 70.7 Å². The van der Waals surface area contributed by atoms with E-state index >= 15 is 0 Å². The van der Waals surface area contributed by atoms with Crippen molar-refractivity contribution < 1.29 is 4.79 Å². The van der Waals surface area contributed by atoms with E-state index in [1.54, 1.807) is 11.8 Å². The number of nitrogens with zero attached hydrogens (tertiary/aromatic N) is 1. The van der Waals surface area contributed by atoms with Gasteiger partial charge in [-0.25, -0.2) is 4.79 Å². The molecule has 1 unspecified atom stereocenters. The van der Waals surface area contributed by atoms with E-state index in [-0.39, 0.29) is 11.4 Å². The predicted molar refractivity (Wildman–Crippen MR) is 92.0 cm³/mol. The summed E-state index contributed by atoms with van der Waals surface area (Å²) >= 11 is 7.83. The van der Waals surface area contributed by atoms with Crippen LogP contribution in [0, 0.1) is 0 Å². The first-order chi connectivity index (χ1) is 10.7. The Morgan fingerprint density at radius 1 is 1.23 bits per heavy atom. The van der Waals surface area contributed by atoms with Crippen molar-refractivity contribution in [1.29, 1.82) is 0 Å². The Morgan fingerprint density at radius 2 is 2.05 bits per heavy atom. The lowest BCUT2D eigenvalue weighted by molar-refractivity contribution is 0.200. The molecule has 0 aliphatic carbocycles. The summed E-state index contributed by atoms with van der Waals surface area (Å²) in [6.45, 7) is 1.30. The number of urea groups is 1. The van der Waals surface area contributed by atoms with Gasteiger partial charge in [0.05, 0.1) is 0 Å². The minimum absolute atomic E-state index is 0.0289. The monoisotopic (exact) mass is 332 g/mol. The highest BCUT2D eigenvalue weighted by molar-refractivity contribution is 7.99. The SMILES string of the molecule is O=C(NCc1ccccc1)N1CCSC1c1cccc(Cl)c1. The molecule has 3 nitrogen and oxygen atoms in total. The fraction of sp³-hybridized carbons (Fsp3) is 0.235. The van der Waals surface area contributed by atoms with Crippen molar-refractivity contribution in [1.82, 2.24) is 10.2 Å². The third-order valence-corrected chi connectivity index (χ3v) is 5.07. The first-order valence-corrected chi connectivity index (χ1v) is 8.62. The number of hydrogen-bond acceptors (Lipinski definition) is 2. The highest BCUT2D eigenvalue weighted by atomic mass is 35.5. The Hall–Kier alpha value is -1.65. The number of thioether (sulfide) groups is 1. The third-order valence-electron chi connectivity index (χ3n) is 3.57. The van der Waals surface area contributed by atoms with Gasteiger partial charge < -0.3 is 10.2 Å². The zero-order chi connectivity index (χ0) is 15.4. The molecule has 2 aromatic rings. The molecule has 0 spiro atoms. The maximum atomic E-state index is 12.5. The van der Waals surface area contributed by atoms with Gasteiger partial charge in [0.1, 0.15) is 5.37 Å². The maximum Gasteiger partial charge on any atom is 0.318 e. The molecular formula is C17H17ClN2OS. The normalized spacial score (nSPS) is 17.5. The second-order valence-electron chi connectivity index (χ2n) is 5.12. The van der Waals surface area contributed by atoms with E-state index in [9.17, 15) is 4.79 Å². The van der Waals surface area contributed by atoms with Crippen LogP contribution >= 0.6 is 23.4 Å². The Balaban J connectivity index is 1.66. The van der Waals surface area contributed by atoms with Gasteiger partial charge in [0.25, 0.3) is 0 Å². The van der Waals surface area contributed by atoms with E-state index in [1.165, 1.54) is 0 Å². The molecule has 2 aromatic carbocycles. The molecule has 1 saturated heterocycles. The van der Waals surface area contributed by atoms with Crippen molar-refractivity contribution in [2.24, 2.45) is 0 Å². The lowest BCUT2D eigenvalue weighted by atomic mass is 10.2. The molecular weight excluding hydrogens is 316 g/mol. The number of carbonyl (C=O) groups is 1. The summed E-state index contributed by atoms with van der Waals surface area (Å²) in [7, 11) is 0. The first kappa shape index (κ1) is 15.3. The Kier molecular flexibility index (Phi) is 4.90. The highest BCUT2D eigenvalue weighted by Crippen LogP contribution is 2.38. The molecule has 1 atom stereocenters. The molecule has 2 amide bonds. The van der Waals surface area contributed by atoms with Gasteiger partial charge in [0, 0.05) is 23.9 Å². The van der Waals surface area contributed by atoms with E-state index in [4.69, 9.17) is 11.6 Å². The molecule has 0 radical (unpaired) electrons. The van der Waals surface area contributed by atoms with E-state index < -0.39 is 0 Å². The number of amides is 2. The molecule has 114 valence electrons. The Bertz CT molecular complexity index is 650. The van der Waals surface area contributed by atoms with Gasteiger partial charge in [-0.3, -0.25) is 0 Å². The number of rotatable bonds is 3. The summed E-state index contributed by atoms with van der Waals surface area (Å²) in [5.41, 5.74) is 2.17. The Morgan fingerprint density at radius 3 is 2.82 bits per heavy atom. The van der Waals surface area contributed by atoms with Crippen LogP contribution in [0.5, 0.6) is 0 Å². The van der Waals surface area contributed by atoms with Gasteiger partial charge in [-0.15, -0.1) is 11.8 Å². The van der Waals surface area contributed by atoms with Crippen LogP contribution in [0.1, 0.15) is 16.5 Å². The standard InChI is InChI=1S/C17H17ClN2OS/c18-15-8-4-7-14(11-15)16-20(9-10-22-16)17(21)19-12-13-5-2-1-3-6-13/h1-8,11,16H,9-10,12H2,(H,19,21). The first-order valence-electron chi connectivity index (χ1n) is 7.19. The van der Waals surface area contributed by atoms with Crippen LogP contribution in [-0.2, 0) is 6.54 Å². The number of hydrogen-bond donors (Lipinski definition) is 1. The molecule has 0 saturated carbocycles. The molecule has 1 aliphatic heterocycles. The Labute approximate surface area is 139 Å². The molecule has 0 aromatic heterocycles. The second kappa shape index (κ2) is 7.07. The summed E-state index contributed by atoms with van der Waals surface area (Å²) in [5.74, 6) is 0.940. The largest absolute Gasteiger partial charge is 0.334 e. The predicted octanol–water partition coefficient (Wildman–Crippen LogP) is 4.30. The highest BCUT2D eigenvalue weighted by Gasteiger charge is 2.30. The molecule has 1 N–H and O–H groups in total. The summed E-state index contributed by atoms with van der Waals surface area (Å²) < 4.78 is 0. The van der Waals surface area contributed by atoms with Crippen molar-refractivity contribution in [3.63, 3.8) is 0 Å². The van der Waals surface area contributed by atoms with Crippen LogP contribution in [-0.4, -0.2) is 23.2 Å². The summed E-state index contributed by atoms with van der Waals surface area (Å²) in [5, 5.41) is 3.74. The van der Waals surface area contributed by atoms with Crippen LogP contribution in [0.25, 0.3) is 0 Å². The van der Waals surface area contributed by atoms with Crippen LogP contribution in [0.4, 0.5) is 4.79 Å². The van der Waals surface area contributed by atoms with Gasteiger partial charge >= 0.3 is 6.03 Å². The van der Waals surface area contributed by atoms with Crippen LogP contribution in [0.15, 0.2) is 54.6 Å². The lowest BCUT2D eigenvalue weighted by Crippen LogP contribution is -2.39. The fourth-order valence-electron chi connectivity index (χ4n) is 2.49. The molecule has 0 bridgehead atoms. The van der Waals surface area contributed by atoms with Gasteiger partial charge in [-0.1, -0.05) is 54.1 Å². The van der Waals surface area contributed by atoms with E-state index in [0.29, 0.717) is 11.6 Å². The van der Waals surface area contributed by atoms with Crippen LogP contribution < -0.4 is 5.32 Å². The van der Waals surface area contributed by atoms with E-state index in [0.717, 1.165) is 23.4 Å². The number of benzene rings is 2. The zero-order valence-corrected chi connectivity index (χ0v) is 13.6. The molecule has 22 heavy (non-hydrogen) atoms. The molecule has 1 heterocycles. The van der Waals surface area contributed by atoms with Crippen LogP contribution in [0.2, 0.25) is 5.02 Å². The van der Waals surface area contributed by atoms with Crippen molar-refractivity contribution in [3.8, 4) is 0 Å². The van der Waals surface area contributed by atoms with Crippen molar-refractivity contribution in [2.75, 3.05) is 12.3 Å². The summed E-state index contributed by atoms with van der Waals surface area (Å²) in [6, 6.07) is 17.6. The topological polar surface area (TPSA) is 32.3 Å².